The Kier molecular flexibility index (Phi) is 7.55. The summed E-state index contributed by atoms with van der Waals surface area (Å²) in [5.41, 5.74) is 1.80. The van der Waals surface area contributed by atoms with E-state index in [2.05, 4.69) is 76.0 Å². The lowest BCUT2D eigenvalue weighted by molar-refractivity contribution is 0.330. The predicted molar refractivity (Wildman–Crippen MR) is 88.9 cm³/mol. The molecule has 18 heavy (non-hydrogen) atoms. The second-order valence-electron chi connectivity index (χ2n) is 5.72. The number of hydrogen-bond donors (Lipinski definition) is 0. The Morgan fingerprint density at radius 2 is 1.67 bits per heavy atom. The maximum atomic E-state index is 3.73. The van der Waals surface area contributed by atoms with Gasteiger partial charge in [0, 0.05) is 10.7 Å². The van der Waals surface area contributed by atoms with E-state index in [9.17, 15) is 0 Å². The average Bonchev–Trinajstić information content (AvgIpc) is 2.38. The summed E-state index contributed by atoms with van der Waals surface area (Å²) < 4.78 is 0. The Morgan fingerprint density at radius 3 is 2.17 bits per heavy atom. The molecule has 0 aliphatic rings. The van der Waals surface area contributed by atoms with Crippen molar-refractivity contribution in [3.63, 3.8) is 0 Å². The molecule has 0 heterocycles. The number of alkyl halides is 2. The highest BCUT2D eigenvalue weighted by atomic mass is 79.9. The van der Waals surface area contributed by atoms with E-state index in [4.69, 9.17) is 0 Å². The van der Waals surface area contributed by atoms with Crippen LogP contribution in [0.5, 0.6) is 0 Å². The third kappa shape index (κ3) is 5.44. The SMILES string of the molecule is CC(C)CCCC(CBr)(CBr)Cc1ccccc1. The quantitative estimate of drug-likeness (QED) is 0.501. The summed E-state index contributed by atoms with van der Waals surface area (Å²) in [5, 5.41) is 2.14. The molecule has 0 radical (unpaired) electrons. The van der Waals surface area contributed by atoms with Crippen LogP contribution in [0.15, 0.2) is 30.3 Å². The first-order valence-electron chi connectivity index (χ1n) is 6.78. The highest BCUT2D eigenvalue weighted by Gasteiger charge is 2.27. The summed E-state index contributed by atoms with van der Waals surface area (Å²) in [7, 11) is 0. The lowest BCUT2D eigenvalue weighted by Gasteiger charge is -2.30. The monoisotopic (exact) mass is 374 g/mol. The van der Waals surface area contributed by atoms with Crippen molar-refractivity contribution in [2.75, 3.05) is 10.7 Å². The zero-order valence-electron chi connectivity index (χ0n) is 11.5. The summed E-state index contributed by atoms with van der Waals surface area (Å²) in [6.07, 6.45) is 5.09. The van der Waals surface area contributed by atoms with Gasteiger partial charge < -0.3 is 0 Å². The second-order valence-corrected chi connectivity index (χ2v) is 6.84. The molecular weight excluding hydrogens is 352 g/mol. The summed E-state index contributed by atoms with van der Waals surface area (Å²) in [6.45, 7) is 4.61. The first-order valence-corrected chi connectivity index (χ1v) is 9.02. The van der Waals surface area contributed by atoms with Crippen LogP contribution < -0.4 is 0 Å². The van der Waals surface area contributed by atoms with E-state index in [1.54, 1.807) is 0 Å². The van der Waals surface area contributed by atoms with Crippen molar-refractivity contribution in [3.05, 3.63) is 35.9 Å². The van der Waals surface area contributed by atoms with Crippen LogP contribution in [0.4, 0.5) is 0 Å². The van der Waals surface area contributed by atoms with E-state index in [1.165, 1.54) is 24.8 Å². The zero-order chi connectivity index (χ0) is 13.4. The number of hydrogen-bond acceptors (Lipinski definition) is 0. The third-order valence-corrected chi connectivity index (χ3v) is 5.86. The summed E-state index contributed by atoms with van der Waals surface area (Å²) >= 11 is 7.46. The van der Waals surface area contributed by atoms with Crippen LogP contribution in [0, 0.1) is 11.3 Å². The molecule has 0 amide bonds. The molecule has 102 valence electrons. The van der Waals surface area contributed by atoms with Crippen LogP contribution in [-0.4, -0.2) is 10.7 Å². The molecule has 0 bridgehead atoms. The molecule has 0 N–H and O–H groups in total. The van der Waals surface area contributed by atoms with Crippen molar-refractivity contribution in [1.82, 2.24) is 0 Å². The number of rotatable bonds is 8. The fourth-order valence-corrected chi connectivity index (χ4v) is 4.15. The predicted octanol–water partition coefficient (Wildman–Crippen LogP) is 5.83. The van der Waals surface area contributed by atoms with E-state index >= 15 is 0 Å². The van der Waals surface area contributed by atoms with Gasteiger partial charge in [-0.2, -0.15) is 0 Å². The van der Waals surface area contributed by atoms with Crippen LogP contribution >= 0.6 is 31.9 Å². The van der Waals surface area contributed by atoms with Gasteiger partial charge in [-0.25, -0.2) is 0 Å². The van der Waals surface area contributed by atoms with Crippen LogP contribution in [0.25, 0.3) is 0 Å². The standard InChI is InChI=1S/C16H24Br2/c1-14(2)7-6-10-16(12-17,13-18)11-15-8-4-3-5-9-15/h3-5,8-9,14H,6-7,10-13H2,1-2H3. The van der Waals surface area contributed by atoms with Gasteiger partial charge in [-0.15, -0.1) is 0 Å². The first kappa shape index (κ1) is 16.2. The highest BCUT2D eigenvalue weighted by molar-refractivity contribution is 9.09. The Labute approximate surface area is 129 Å². The molecule has 0 aliphatic heterocycles. The fraction of sp³-hybridized carbons (Fsp3) is 0.625. The maximum Gasteiger partial charge on any atom is 0.00991 e. The van der Waals surface area contributed by atoms with Crippen molar-refractivity contribution < 1.29 is 0 Å². The van der Waals surface area contributed by atoms with E-state index in [0.717, 1.165) is 23.0 Å². The van der Waals surface area contributed by atoms with Crippen molar-refractivity contribution >= 4 is 31.9 Å². The van der Waals surface area contributed by atoms with Crippen molar-refractivity contribution in [2.45, 2.75) is 39.5 Å². The topological polar surface area (TPSA) is 0 Å². The molecule has 0 aromatic heterocycles. The van der Waals surface area contributed by atoms with Gasteiger partial charge in [0.05, 0.1) is 0 Å². The lowest BCUT2D eigenvalue weighted by Crippen LogP contribution is -2.27. The number of halogens is 2. The molecular formula is C16H24Br2. The Balaban J connectivity index is 2.62. The number of benzene rings is 1. The molecule has 0 saturated carbocycles. The van der Waals surface area contributed by atoms with E-state index in [-0.39, 0.29) is 0 Å². The molecule has 0 saturated heterocycles. The maximum absolute atomic E-state index is 3.73. The highest BCUT2D eigenvalue weighted by Crippen LogP contribution is 2.34. The van der Waals surface area contributed by atoms with Gasteiger partial charge in [-0.05, 0) is 29.7 Å². The molecule has 0 spiro atoms. The smallest absolute Gasteiger partial charge is 0.00991 e. The lowest BCUT2D eigenvalue weighted by atomic mass is 9.80. The van der Waals surface area contributed by atoms with Gasteiger partial charge in [0.25, 0.3) is 0 Å². The minimum atomic E-state index is 0.357. The molecule has 2 heteroatoms. The van der Waals surface area contributed by atoms with Gasteiger partial charge in [-0.1, -0.05) is 88.9 Å². The zero-order valence-corrected chi connectivity index (χ0v) is 14.6. The average molecular weight is 376 g/mol. The third-order valence-electron chi connectivity index (χ3n) is 3.48. The Morgan fingerprint density at radius 1 is 1.06 bits per heavy atom. The fourth-order valence-electron chi connectivity index (χ4n) is 2.27. The van der Waals surface area contributed by atoms with Crippen molar-refractivity contribution in [3.8, 4) is 0 Å². The molecule has 1 aromatic carbocycles. The van der Waals surface area contributed by atoms with Gasteiger partial charge in [0.2, 0.25) is 0 Å². The molecule has 1 aromatic rings. The van der Waals surface area contributed by atoms with Crippen molar-refractivity contribution in [1.29, 1.82) is 0 Å². The Hall–Kier alpha value is 0.180. The molecule has 0 fully saturated rings. The second kappa shape index (κ2) is 8.37. The van der Waals surface area contributed by atoms with E-state index in [0.29, 0.717) is 5.41 Å². The van der Waals surface area contributed by atoms with Crippen LogP contribution in [-0.2, 0) is 6.42 Å². The van der Waals surface area contributed by atoms with Gasteiger partial charge >= 0.3 is 0 Å². The van der Waals surface area contributed by atoms with Gasteiger partial charge in [0.15, 0.2) is 0 Å². The summed E-state index contributed by atoms with van der Waals surface area (Å²) in [6, 6.07) is 10.8. The largest absolute Gasteiger partial charge is 0.0922 e. The normalized spacial score (nSPS) is 12.1. The first-order chi connectivity index (χ1) is 8.62. The molecule has 0 atom stereocenters. The Bertz CT molecular complexity index is 315. The van der Waals surface area contributed by atoms with Crippen molar-refractivity contribution in [2.24, 2.45) is 11.3 Å². The van der Waals surface area contributed by atoms with E-state index in [1.807, 2.05) is 0 Å². The minimum Gasteiger partial charge on any atom is -0.0922 e. The molecule has 0 nitrogen and oxygen atoms in total. The summed E-state index contributed by atoms with van der Waals surface area (Å²) in [4.78, 5) is 0. The van der Waals surface area contributed by atoms with Crippen LogP contribution in [0.1, 0.15) is 38.7 Å². The molecule has 1 rings (SSSR count). The molecule has 0 unspecified atom stereocenters. The van der Waals surface area contributed by atoms with Crippen LogP contribution in [0.2, 0.25) is 0 Å². The van der Waals surface area contributed by atoms with Crippen LogP contribution in [0.3, 0.4) is 0 Å². The van der Waals surface area contributed by atoms with Gasteiger partial charge in [0.1, 0.15) is 0 Å². The van der Waals surface area contributed by atoms with E-state index < -0.39 is 0 Å². The molecule has 0 aliphatic carbocycles. The minimum absolute atomic E-state index is 0.357. The summed E-state index contributed by atoms with van der Waals surface area (Å²) in [5.74, 6) is 0.810. The van der Waals surface area contributed by atoms with Gasteiger partial charge in [-0.3, -0.25) is 0 Å².